The molecule has 1 aromatic heterocycles. The van der Waals surface area contributed by atoms with Gasteiger partial charge < -0.3 is 14.2 Å². The lowest BCUT2D eigenvalue weighted by Gasteiger charge is -2.30. The number of hydrogen-bond acceptors (Lipinski definition) is 3. The lowest BCUT2D eigenvalue weighted by Crippen LogP contribution is -2.38. The van der Waals surface area contributed by atoms with Gasteiger partial charge in [-0.3, -0.25) is 4.99 Å². The first-order valence-corrected chi connectivity index (χ1v) is 6.74. The number of likely N-dealkylation sites (N-methyl/N-ethyl adjacent to an activating group) is 1. The Hall–Kier alpha value is -1.97. The van der Waals surface area contributed by atoms with E-state index in [0.29, 0.717) is 0 Å². The normalized spacial score (nSPS) is 17.4. The van der Waals surface area contributed by atoms with Gasteiger partial charge in [0.2, 0.25) is 0 Å². The molecule has 98 valence electrons. The first kappa shape index (κ1) is 10.9. The second kappa shape index (κ2) is 3.76. The number of fused-ring (bicyclic) bond motifs is 3. The van der Waals surface area contributed by atoms with Crippen LogP contribution < -0.4 is 4.74 Å². The lowest BCUT2D eigenvalue weighted by molar-refractivity contribution is 0.415. The minimum atomic E-state index is 0.877. The van der Waals surface area contributed by atoms with E-state index >= 15 is 0 Å². The lowest BCUT2D eigenvalue weighted by atomic mass is 10.0. The third kappa shape index (κ3) is 1.37. The first-order valence-electron chi connectivity index (χ1n) is 6.74. The predicted octanol–water partition coefficient (Wildman–Crippen LogP) is 1.90. The van der Waals surface area contributed by atoms with Gasteiger partial charge in [-0.25, -0.2) is 0 Å². The van der Waals surface area contributed by atoms with Crippen LogP contribution in [0.2, 0.25) is 0 Å². The van der Waals surface area contributed by atoms with E-state index in [0.717, 1.165) is 37.6 Å². The smallest absolute Gasteiger partial charge is 0.148 e. The van der Waals surface area contributed by atoms with Gasteiger partial charge in [-0.15, -0.1) is 0 Å². The standard InChI is InChI=1S/C15H17N3O/c1-17-7-5-11-12-9-10(19-2)3-4-13(12)18-8-6-16-15(17)14(11)18/h3-4,9H,5-8H2,1-2H3. The van der Waals surface area contributed by atoms with Crippen LogP contribution in [-0.2, 0) is 13.0 Å². The molecule has 0 fully saturated rings. The van der Waals surface area contributed by atoms with Gasteiger partial charge in [0.15, 0.2) is 0 Å². The van der Waals surface area contributed by atoms with Crippen LogP contribution in [0.4, 0.5) is 0 Å². The zero-order chi connectivity index (χ0) is 13.0. The fourth-order valence-electron chi connectivity index (χ4n) is 3.29. The summed E-state index contributed by atoms with van der Waals surface area (Å²) in [6, 6.07) is 6.39. The zero-order valence-electron chi connectivity index (χ0n) is 11.3. The molecule has 3 heterocycles. The van der Waals surface area contributed by atoms with E-state index in [1.165, 1.54) is 22.2 Å². The highest BCUT2D eigenvalue weighted by Gasteiger charge is 2.29. The Morgan fingerprint density at radius 2 is 2.16 bits per heavy atom. The van der Waals surface area contributed by atoms with E-state index in [-0.39, 0.29) is 0 Å². The summed E-state index contributed by atoms with van der Waals surface area (Å²) in [4.78, 5) is 6.98. The molecule has 0 N–H and O–H groups in total. The molecule has 0 bridgehead atoms. The van der Waals surface area contributed by atoms with Crippen molar-refractivity contribution in [3.63, 3.8) is 0 Å². The van der Waals surface area contributed by atoms with Crippen LogP contribution in [0.1, 0.15) is 11.3 Å². The van der Waals surface area contributed by atoms with Crippen molar-refractivity contribution < 1.29 is 4.74 Å². The Bertz CT molecular complexity index is 699. The topological polar surface area (TPSA) is 29.8 Å². The maximum atomic E-state index is 5.37. The molecular formula is C15H17N3O. The Balaban J connectivity index is 2.07. The summed E-state index contributed by atoms with van der Waals surface area (Å²) in [7, 11) is 3.86. The maximum absolute atomic E-state index is 5.37. The molecule has 1 aromatic carbocycles. The van der Waals surface area contributed by atoms with E-state index in [9.17, 15) is 0 Å². The maximum Gasteiger partial charge on any atom is 0.148 e. The summed E-state index contributed by atoms with van der Waals surface area (Å²) >= 11 is 0. The van der Waals surface area contributed by atoms with Gasteiger partial charge in [0.25, 0.3) is 0 Å². The van der Waals surface area contributed by atoms with E-state index in [1.54, 1.807) is 7.11 Å². The van der Waals surface area contributed by atoms with Gasteiger partial charge in [0.1, 0.15) is 11.6 Å². The summed E-state index contributed by atoms with van der Waals surface area (Å²) in [5.41, 5.74) is 4.07. The third-order valence-electron chi connectivity index (χ3n) is 4.23. The second-order valence-corrected chi connectivity index (χ2v) is 5.24. The summed E-state index contributed by atoms with van der Waals surface area (Å²) in [6.07, 6.45) is 1.08. The van der Waals surface area contributed by atoms with Crippen LogP contribution in [0, 0.1) is 0 Å². The molecule has 4 heteroatoms. The van der Waals surface area contributed by atoms with Gasteiger partial charge >= 0.3 is 0 Å². The molecule has 0 atom stereocenters. The molecule has 2 aliphatic heterocycles. The highest BCUT2D eigenvalue weighted by atomic mass is 16.5. The van der Waals surface area contributed by atoms with Crippen molar-refractivity contribution in [2.45, 2.75) is 13.0 Å². The van der Waals surface area contributed by atoms with Gasteiger partial charge in [-0.2, -0.15) is 0 Å². The monoisotopic (exact) mass is 255 g/mol. The van der Waals surface area contributed by atoms with Crippen LogP contribution >= 0.6 is 0 Å². The van der Waals surface area contributed by atoms with Gasteiger partial charge in [-0.05, 0) is 30.2 Å². The van der Waals surface area contributed by atoms with Crippen LogP contribution in [0.25, 0.3) is 10.9 Å². The van der Waals surface area contributed by atoms with Crippen molar-refractivity contribution >= 4 is 16.7 Å². The highest BCUT2D eigenvalue weighted by Crippen LogP contribution is 2.34. The van der Waals surface area contributed by atoms with Crippen LogP contribution in [0.3, 0.4) is 0 Å². The summed E-state index contributed by atoms with van der Waals surface area (Å²) < 4.78 is 7.79. The molecule has 0 saturated heterocycles. The molecule has 4 rings (SSSR count). The van der Waals surface area contributed by atoms with Gasteiger partial charge in [0.05, 0.1) is 19.3 Å². The molecule has 2 aliphatic rings. The second-order valence-electron chi connectivity index (χ2n) is 5.24. The molecule has 0 aliphatic carbocycles. The number of rotatable bonds is 1. The van der Waals surface area contributed by atoms with Crippen LogP contribution in [0.5, 0.6) is 5.75 Å². The molecule has 0 unspecified atom stereocenters. The average molecular weight is 255 g/mol. The minimum Gasteiger partial charge on any atom is -0.497 e. The summed E-state index contributed by atoms with van der Waals surface area (Å²) in [5, 5.41) is 1.33. The SMILES string of the molecule is COc1ccc2c(c1)c1c3n2CCN=C3N(C)CC1. The fraction of sp³-hybridized carbons (Fsp3) is 0.400. The summed E-state index contributed by atoms with van der Waals surface area (Å²) in [5.74, 6) is 2.09. The molecule has 19 heavy (non-hydrogen) atoms. The van der Waals surface area contributed by atoms with Crippen molar-refractivity contribution in [3.05, 3.63) is 29.5 Å². The van der Waals surface area contributed by atoms with Crippen molar-refractivity contribution in [1.29, 1.82) is 0 Å². The van der Waals surface area contributed by atoms with E-state index < -0.39 is 0 Å². The quantitative estimate of drug-likeness (QED) is 0.779. The van der Waals surface area contributed by atoms with Crippen molar-refractivity contribution in [1.82, 2.24) is 9.47 Å². The summed E-state index contributed by atoms with van der Waals surface area (Å²) in [6.45, 7) is 2.90. The predicted molar refractivity (Wildman–Crippen MR) is 76.2 cm³/mol. The minimum absolute atomic E-state index is 0.877. The Morgan fingerprint density at radius 3 is 3.00 bits per heavy atom. The molecule has 0 radical (unpaired) electrons. The zero-order valence-corrected chi connectivity index (χ0v) is 11.3. The number of nitrogens with zero attached hydrogens (tertiary/aromatic N) is 3. The Kier molecular flexibility index (Phi) is 2.16. The Labute approximate surface area is 112 Å². The van der Waals surface area contributed by atoms with E-state index in [1.807, 2.05) is 6.07 Å². The number of hydrogen-bond donors (Lipinski definition) is 0. The van der Waals surface area contributed by atoms with Crippen LogP contribution in [-0.4, -0.2) is 42.5 Å². The van der Waals surface area contributed by atoms with E-state index in [4.69, 9.17) is 9.73 Å². The van der Waals surface area contributed by atoms with Crippen LogP contribution in [0.15, 0.2) is 23.2 Å². The first-order chi connectivity index (χ1) is 9.29. The van der Waals surface area contributed by atoms with E-state index in [2.05, 4.69) is 28.6 Å². The third-order valence-corrected chi connectivity index (χ3v) is 4.23. The number of ether oxygens (including phenoxy) is 1. The molecule has 0 saturated carbocycles. The van der Waals surface area contributed by atoms with Crippen molar-refractivity contribution in [2.24, 2.45) is 4.99 Å². The number of aromatic nitrogens is 1. The fourth-order valence-corrected chi connectivity index (χ4v) is 3.29. The molecule has 0 amide bonds. The molecule has 2 aromatic rings. The average Bonchev–Trinajstić information content (AvgIpc) is 2.78. The van der Waals surface area contributed by atoms with Crippen molar-refractivity contribution in [2.75, 3.05) is 27.2 Å². The Morgan fingerprint density at radius 1 is 1.26 bits per heavy atom. The largest absolute Gasteiger partial charge is 0.497 e. The number of benzene rings is 1. The number of amidine groups is 1. The van der Waals surface area contributed by atoms with Gasteiger partial charge in [0, 0.05) is 31.0 Å². The molecular weight excluding hydrogens is 238 g/mol. The van der Waals surface area contributed by atoms with Gasteiger partial charge in [-0.1, -0.05) is 0 Å². The highest BCUT2D eigenvalue weighted by molar-refractivity contribution is 6.06. The molecule has 0 spiro atoms. The van der Waals surface area contributed by atoms with Crippen molar-refractivity contribution in [3.8, 4) is 5.75 Å². The number of aliphatic imine (C=N–C) groups is 1. The number of methoxy groups -OCH3 is 1. The molecule has 4 nitrogen and oxygen atoms in total.